The minimum atomic E-state index is -2.32. The molecule has 0 N–H and O–H groups in total. The quantitative estimate of drug-likeness (QED) is 0.805. The lowest BCUT2D eigenvalue weighted by molar-refractivity contribution is 0.0968. The molecule has 0 bridgehead atoms. The molecule has 1 saturated heterocycles. The van der Waals surface area contributed by atoms with E-state index in [-0.39, 0.29) is 6.54 Å². The number of alkyl halides is 2. The Morgan fingerprint density at radius 3 is 2.71 bits per heavy atom. The summed E-state index contributed by atoms with van der Waals surface area (Å²) in [4.78, 5) is 6.36. The summed E-state index contributed by atoms with van der Waals surface area (Å²) in [7, 11) is 1.71. The Bertz CT molecular complexity index is 460. The molecule has 1 atom stereocenters. The van der Waals surface area contributed by atoms with Crippen LogP contribution in [-0.4, -0.2) is 43.1 Å². The van der Waals surface area contributed by atoms with Crippen LogP contribution in [0, 0.1) is 0 Å². The van der Waals surface area contributed by atoms with Crippen molar-refractivity contribution < 1.29 is 13.5 Å². The van der Waals surface area contributed by atoms with Gasteiger partial charge in [0.05, 0.1) is 18.8 Å². The zero-order chi connectivity index (χ0) is 15.4. The van der Waals surface area contributed by atoms with E-state index in [0.29, 0.717) is 25.0 Å². The topological polar surface area (TPSA) is 25.4 Å². The number of nitrogens with zero attached hydrogens (tertiary/aromatic N) is 2. The molecule has 0 aromatic carbocycles. The van der Waals surface area contributed by atoms with Crippen molar-refractivity contribution in [2.45, 2.75) is 45.1 Å². The number of halogens is 2. The predicted molar refractivity (Wildman–Crippen MR) is 78.8 cm³/mol. The van der Waals surface area contributed by atoms with Crippen LogP contribution in [0.4, 0.5) is 8.78 Å². The Morgan fingerprint density at radius 1 is 1.38 bits per heavy atom. The first-order chi connectivity index (χ1) is 9.97. The molecule has 21 heavy (non-hydrogen) atoms. The summed E-state index contributed by atoms with van der Waals surface area (Å²) >= 11 is 0. The molecule has 1 aliphatic heterocycles. The van der Waals surface area contributed by atoms with Crippen molar-refractivity contribution in [1.29, 1.82) is 0 Å². The van der Waals surface area contributed by atoms with Crippen LogP contribution in [0.2, 0.25) is 0 Å². The monoisotopic (exact) mass is 298 g/mol. The molecule has 0 aliphatic carbocycles. The molecule has 3 nitrogen and oxygen atoms in total. The van der Waals surface area contributed by atoms with E-state index >= 15 is 0 Å². The van der Waals surface area contributed by atoms with Gasteiger partial charge in [-0.2, -0.15) is 0 Å². The van der Waals surface area contributed by atoms with Gasteiger partial charge in [-0.15, -0.1) is 0 Å². The van der Waals surface area contributed by atoms with E-state index in [1.54, 1.807) is 11.9 Å². The molecule has 2 heterocycles. The molecule has 0 amide bonds. The summed E-state index contributed by atoms with van der Waals surface area (Å²) in [6, 6.07) is 4.15. The second-order valence-electron chi connectivity index (χ2n) is 6.08. The van der Waals surface area contributed by atoms with Gasteiger partial charge in [-0.05, 0) is 31.0 Å². The Kier molecular flexibility index (Phi) is 5.65. The highest BCUT2D eigenvalue weighted by Crippen LogP contribution is 2.29. The first-order valence-electron chi connectivity index (χ1n) is 7.51. The fraction of sp³-hybridized carbons (Fsp3) is 0.688. The third-order valence-electron chi connectivity index (χ3n) is 3.86. The van der Waals surface area contributed by atoms with E-state index in [2.05, 4.69) is 26.0 Å². The largest absolute Gasteiger partial charge is 0.381 e. The number of ether oxygens (including phenoxy) is 1. The number of hydrogen-bond acceptors (Lipinski definition) is 3. The standard InChI is InChI=1S/C16H24F2N2O/c1-11(2)14-5-4-13(12-6-7-21-10-12)15(19-14)8-20(3)9-16(17)18/h4-5,11-12,16H,6-10H2,1-3H3. The van der Waals surface area contributed by atoms with Crippen molar-refractivity contribution in [2.75, 3.05) is 26.8 Å². The van der Waals surface area contributed by atoms with E-state index in [9.17, 15) is 8.78 Å². The summed E-state index contributed by atoms with van der Waals surface area (Å²) in [6.07, 6.45) is -1.34. The highest BCUT2D eigenvalue weighted by atomic mass is 19.3. The van der Waals surface area contributed by atoms with Crippen molar-refractivity contribution in [3.8, 4) is 0 Å². The van der Waals surface area contributed by atoms with Gasteiger partial charge in [0.1, 0.15) is 0 Å². The molecule has 1 unspecified atom stereocenters. The fourth-order valence-corrected chi connectivity index (χ4v) is 2.68. The van der Waals surface area contributed by atoms with Crippen LogP contribution in [0.25, 0.3) is 0 Å². The van der Waals surface area contributed by atoms with Gasteiger partial charge in [0.15, 0.2) is 0 Å². The van der Waals surface area contributed by atoms with E-state index in [1.165, 1.54) is 0 Å². The Hall–Kier alpha value is -1.07. The Labute approximate surface area is 125 Å². The summed E-state index contributed by atoms with van der Waals surface area (Å²) in [5.41, 5.74) is 3.08. The summed E-state index contributed by atoms with van der Waals surface area (Å²) in [6.45, 7) is 5.88. The molecule has 0 radical (unpaired) electrons. The first kappa shape index (κ1) is 16.3. The van der Waals surface area contributed by atoms with Crippen LogP contribution in [-0.2, 0) is 11.3 Å². The van der Waals surface area contributed by atoms with Gasteiger partial charge in [0.2, 0.25) is 0 Å². The molecular weight excluding hydrogens is 274 g/mol. The molecule has 118 valence electrons. The van der Waals surface area contributed by atoms with Crippen molar-refractivity contribution in [3.05, 3.63) is 29.1 Å². The van der Waals surface area contributed by atoms with E-state index in [4.69, 9.17) is 9.72 Å². The molecule has 1 aliphatic rings. The van der Waals surface area contributed by atoms with Crippen LogP contribution in [0.1, 0.15) is 49.1 Å². The zero-order valence-electron chi connectivity index (χ0n) is 13.0. The normalized spacial score (nSPS) is 19.1. The second kappa shape index (κ2) is 7.27. The van der Waals surface area contributed by atoms with Gasteiger partial charge in [0.25, 0.3) is 6.43 Å². The third-order valence-corrected chi connectivity index (χ3v) is 3.86. The maximum Gasteiger partial charge on any atom is 0.251 e. The molecule has 1 fully saturated rings. The third kappa shape index (κ3) is 4.45. The minimum absolute atomic E-state index is 0.228. The highest BCUT2D eigenvalue weighted by molar-refractivity contribution is 5.28. The van der Waals surface area contributed by atoms with Crippen molar-refractivity contribution >= 4 is 0 Å². The van der Waals surface area contributed by atoms with Crippen LogP contribution < -0.4 is 0 Å². The smallest absolute Gasteiger partial charge is 0.251 e. The van der Waals surface area contributed by atoms with Gasteiger partial charge < -0.3 is 4.74 Å². The molecular formula is C16H24F2N2O. The highest BCUT2D eigenvalue weighted by Gasteiger charge is 2.23. The summed E-state index contributed by atoms with van der Waals surface area (Å²) in [5.74, 6) is 0.673. The number of hydrogen-bond donors (Lipinski definition) is 0. The molecule has 0 spiro atoms. The summed E-state index contributed by atoms with van der Waals surface area (Å²) in [5, 5.41) is 0. The average Bonchev–Trinajstić information content (AvgIpc) is 2.91. The molecule has 0 saturated carbocycles. The van der Waals surface area contributed by atoms with E-state index in [0.717, 1.165) is 30.0 Å². The second-order valence-corrected chi connectivity index (χ2v) is 6.08. The molecule has 1 aromatic heterocycles. The van der Waals surface area contributed by atoms with Crippen LogP contribution in [0.3, 0.4) is 0 Å². The van der Waals surface area contributed by atoms with Crippen molar-refractivity contribution in [3.63, 3.8) is 0 Å². The zero-order valence-corrected chi connectivity index (χ0v) is 13.0. The number of pyridine rings is 1. The number of rotatable bonds is 6. The fourth-order valence-electron chi connectivity index (χ4n) is 2.68. The molecule has 2 rings (SSSR count). The molecule has 1 aromatic rings. The predicted octanol–water partition coefficient (Wildman–Crippen LogP) is 3.41. The Morgan fingerprint density at radius 2 is 2.14 bits per heavy atom. The van der Waals surface area contributed by atoms with Crippen LogP contribution >= 0.6 is 0 Å². The van der Waals surface area contributed by atoms with Gasteiger partial charge in [0, 0.05) is 24.8 Å². The average molecular weight is 298 g/mol. The maximum absolute atomic E-state index is 12.5. The maximum atomic E-state index is 12.5. The van der Waals surface area contributed by atoms with E-state index < -0.39 is 6.43 Å². The summed E-state index contributed by atoms with van der Waals surface area (Å²) < 4.78 is 30.5. The van der Waals surface area contributed by atoms with Gasteiger partial charge in [-0.3, -0.25) is 9.88 Å². The first-order valence-corrected chi connectivity index (χ1v) is 7.51. The lowest BCUT2D eigenvalue weighted by atomic mass is 9.95. The lowest BCUT2D eigenvalue weighted by Crippen LogP contribution is -2.26. The van der Waals surface area contributed by atoms with Gasteiger partial charge >= 0.3 is 0 Å². The minimum Gasteiger partial charge on any atom is -0.381 e. The van der Waals surface area contributed by atoms with Crippen LogP contribution in [0.5, 0.6) is 0 Å². The lowest BCUT2D eigenvalue weighted by Gasteiger charge is -2.21. The molecule has 5 heteroatoms. The van der Waals surface area contributed by atoms with Crippen LogP contribution in [0.15, 0.2) is 12.1 Å². The van der Waals surface area contributed by atoms with Crippen molar-refractivity contribution in [2.24, 2.45) is 0 Å². The Balaban J connectivity index is 2.22. The van der Waals surface area contributed by atoms with Gasteiger partial charge in [-0.1, -0.05) is 19.9 Å². The SMILES string of the molecule is CC(C)c1ccc(C2CCOC2)c(CN(C)CC(F)F)n1. The van der Waals surface area contributed by atoms with E-state index in [1.807, 2.05) is 0 Å². The van der Waals surface area contributed by atoms with Crippen molar-refractivity contribution in [1.82, 2.24) is 9.88 Å². The van der Waals surface area contributed by atoms with Gasteiger partial charge in [-0.25, -0.2) is 8.78 Å². The number of aromatic nitrogens is 1.